The Labute approximate surface area is 122 Å². The minimum atomic E-state index is -1.05. The van der Waals surface area contributed by atoms with E-state index < -0.39 is 17.7 Å². The molecule has 2 nitrogen and oxygen atoms in total. The molecule has 3 rings (SSSR count). The molecule has 0 saturated heterocycles. The van der Waals surface area contributed by atoms with Crippen LogP contribution in [0.25, 0.3) is 0 Å². The lowest BCUT2D eigenvalue weighted by atomic mass is 9.77. The highest BCUT2D eigenvalue weighted by atomic mass is 19.1. The zero-order valence-electron chi connectivity index (χ0n) is 11.5. The van der Waals surface area contributed by atoms with Gasteiger partial charge in [0.25, 0.3) is 0 Å². The molecule has 2 aromatic rings. The van der Waals surface area contributed by atoms with Crippen LogP contribution in [0.3, 0.4) is 0 Å². The fraction of sp³-hybridized carbons (Fsp3) is 0.294. The first-order valence-corrected chi connectivity index (χ1v) is 7.06. The Hall–Kier alpha value is -1.78. The van der Waals surface area contributed by atoms with Gasteiger partial charge in [0.15, 0.2) is 0 Å². The van der Waals surface area contributed by atoms with E-state index in [4.69, 9.17) is 0 Å². The first kappa shape index (κ1) is 14.2. The average Bonchev–Trinajstić information content (AvgIpc) is 2.46. The van der Waals surface area contributed by atoms with Gasteiger partial charge in [0.1, 0.15) is 11.6 Å². The van der Waals surface area contributed by atoms with Gasteiger partial charge in [0, 0.05) is 24.6 Å². The summed E-state index contributed by atoms with van der Waals surface area (Å²) in [4.78, 5) is 0. The van der Waals surface area contributed by atoms with Gasteiger partial charge in [-0.05, 0) is 35.7 Å². The number of rotatable bonds is 5. The molecule has 21 heavy (non-hydrogen) atoms. The van der Waals surface area contributed by atoms with Gasteiger partial charge in [0.05, 0.1) is 6.10 Å². The van der Waals surface area contributed by atoms with Gasteiger partial charge in [-0.15, -0.1) is 0 Å². The van der Waals surface area contributed by atoms with E-state index in [9.17, 15) is 13.9 Å². The summed E-state index contributed by atoms with van der Waals surface area (Å²) in [5, 5.41) is 13.1. The van der Waals surface area contributed by atoms with Crippen LogP contribution in [0.2, 0.25) is 0 Å². The normalized spacial score (nSPS) is 18.0. The molecule has 0 aliphatic heterocycles. The third kappa shape index (κ3) is 2.96. The van der Waals surface area contributed by atoms with Gasteiger partial charge in [-0.3, -0.25) is 0 Å². The maximum atomic E-state index is 13.5. The summed E-state index contributed by atoms with van der Waals surface area (Å²) >= 11 is 0. The molecule has 2 atom stereocenters. The summed E-state index contributed by atoms with van der Waals surface area (Å²) in [6, 6.07) is 11.4. The van der Waals surface area contributed by atoms with E-state index >= 15 is 0 Å². The Morgan fingerprint density at radius 1 is 1.19 bits per heavy atom. The lowest BCUT2D eigenvalue weighted by Gasteiger charge is -2.30. The van der Waals surface area contributed by atoms with Crippen LogP contribution in [0.1, 0.15) is 28.7 Å². The van der Waals surface area contributed by atoms with E-state index in [1.807, 2.05) is 12.1 Å². The Balaban J connectivity index is 1.53. The molecular weight excluding hydrogens is 272 g/mol. The topological polar surface area (TPSA) is 32.3 Å². The van der Waals surface area contributed by atoms with Crippen molar-refractivity contribution in [2.75, 3.05) is 13.1 Å². The largest absolute Gasteiger partial charge is 0.387 e. The van der Waals surface area contributed by atoms with Crippen LogP contribution < -0.4 is 5.32 Å². The second-order valence-electron chi connectivity index (χ2n) is 5.44. The second kappa shape index (κ2) is 5.92. The van der Waals surface area contributed by atoms with Crippen molar-refractivity contribution in [1.29, 1.82) is 0 Å². The summed E-state index contributed by atoms with van der Waals surface area (Å²) in [7, 11) is 0. The summed E-state index contributed by atoms with van der Waals surface area (Å²) in [6.45, 7) is 0.935. The number of halogens is 2. The molecule has 0 amide bonds. The molecule has 1 aliphatic carbocycles. The third-order valence-corrected chi connectivity index (χ3v) is 4.01. The number of hydrogen-bond acceptors (Lipinski definition) is 2. The minimum Gasteiger partial charge on any atom is -0.387 e. The first-order chi connectivity index (χ1) is 10.1. The van der Waals surface area contributed by atoms with Gasteiger partial charge in [-0.2, -0.15) is 0 Å². The van der Waals surface area contributed by atoms with Crippen LogP contribution >= 0.6 is 0 Å². The van der Waals surface area contributed by atoms with Crippen molar-refractivity contribution in [2.24, 2.45) is 0 Å². The van der Waals surface area contributed by atoms with Crippen LogP contribution in [-0.2, 0) is 6.42 Å². The molecule has 0 radical (unpaired) electrons. The SMILES string of the molecule is OC(CNCC1Cc2ccccc21)c1cc(F)ccc1F. The summed E-state index contributed by atoms with van der Waals surface area (Å²) in [5.74, 6) is -0.691. The van der Waals surface area contributed by atoms with Crippen molar-refractivity contribution in [3.8, 4) is 0 Å². The van der Waals surface area contributed by atoms with Crippen molar-refractivity contribution in [3.05, 3.63) is 70.8 Å². The Bertz CT molecular complexity index is 644. The van der Waals surface area contributed by atoms with Gasteiger partial charge >= 0.3 is 0 Å². The van der Waals surface area contributed by atoms with Gasteiger partial charge in [0.2, 0.25) is 0 Å². The Morgan fingerprint density at radius 2 is 2.00 bits per heavy atom. The second-order valence-corrected chi connectivity index (χ2v) is 5.44. The minimum absolute atomic E-state index is 0.00323. The highest BCUT2D eigenvalue weighted by Gasteiger charge is 2.25. The summed E-state index contributed by atoms with van der Waals surface area (Å²) in [5.41, 5.74) is 2.69. The fourth-order valence-corrected chi connectivity index (χ4v) is 2.82. The van der Waals surface area contributed by atoms with Crippen molar-refractivity contribution in [2.45, 2.75) is 18.4 Å². The number of hydrogen-bond donors (Lipinski definition) is 2. The number of benzene rings is 2. The maximum Gasteiger partial charge on any atom is 0.129 e. The summed E-state index contributed by atoms with van der Waals surface area (Å²) in [6.07, 6.45) is -0.0239. The van der Waals surface area contributed by atoms with Crippen molar-refractivity contribution in [1.82, 2.24) is 5.32 Å². The number of fused-ring (bicyclic) bond motifs is 1. The number of nitrogens with one attached hydrogen (secondary N) is 1. The van der Waals surface area contributed by atoms with Crippen LogP contribution in [0.15, 0.2) is 42.5 Å². The Kier molecular flexibility index (Phi) is 3.99. The van der Waals surface area contributed by atoms with Crippen molar-refractivity contribution in [3.63, 3.8) is 0 Å². The van der Waals surface area contributed by atoms with Gasteiger partial charge < -0.3 is 10.4 Å². The quantitative estimate of drug-likeness (QED) is 0.887. The molecule has 1 aliphatic rings. The zero-order chi connectivity index (χ0) is 14.8. The molecule has 0 saturated carbocycles. The monoisotopic (exact) mass is 289 g/mol. The van der Waals surface area contributed by atoms with Crippen LogP contribution in [0, 0.1) is 11.6 Å². The molecular formula is C17H17F2NO. The molecule has 2 N–H and O–H groups in total. The first-order valence-electron chi connectivity index (χ1n) is 7.06. The lowest BCUT2D eigenvalue weighted by Crippen LogP contribution is -2.31. The predicted molar refractivity (Wildman–Crippen MR) is 77.1 cm³/mol. The highest BCUT2D eigenvalue weighted by Crippen LogP contribution is 2.34. The number of aliphatic hydroxyl groups excluding tert-OH is 1. The lowest BCUT2D eigenvalue weighted by molar-refractivity contribution is 0.168. The fourth-order valence-electron chi connectivity index (χ4n) is 2.82. The molecule has 0 heterocycles. The van der Waals surface area contributed by atoms with E-state index in [2.05, 4.69) is 17.4 Å². The average molecular weight is 289 g/mol. The zero-order valence-corrected chi connectivity index (χ0v) is 11.5. The highest BCUT2D eigenvalue weighted by molar-refractivity contribution is 5.40. The molecule has 0 spiro atoms. The number of aliphatic hydroxyl groups is 1. The molecule has 0 aromatic heterocycles. The standard InChI is InChI=1S/C17H17F2NO/c18-13-5-6-16(19)15(8-13)17(21)10-20-9-12-7-11-3-1-2-4-14(11)12/h1-6,8,12,17,20-21H,7,9-10H2. The summed E-state index contributed by atoms with van der Waals surface area (Å²) < 4.78 is 26.6. The van der Waals surface area contributed by atoms with Crippen molar-refractivity contribution >= 4 is 0 Å². The smallest absolute Gasteiger partial charge is 0.129 e. The molecule has 2 aromatic carbocycles. The van der Waals surface area contributed by atoms with Crippen LogP contribution in [0.5, 0.6) is 0 Å². The van der Waals surface area contributed by atoms with E-state index in [0.29, 0.717) is 5.92 Å². The molecule has 0 fully saturated rings. The van der Waals surface area contributed by atoms with E-state index in [-0.39, 0.29) is 12.1 Å². The Morgan fingerprint density at radius 3 is 2.81 bits per heavy atom. The van der Waals surface area contributed by atoms with Crippen LogP contribution in [-0.4, -0.2) is 18.2 Å². The maximum absolute atomic E-state index is 13.5. The van der Waals surface area contributed by atoms with E-state index in [0.717, 1.165) is 31.2 Å². The molecule has 110 valence electrons. The van der Waals surface area contributed by atoms with Crippen LogP contribution in [0.4, 0.5) is 8.78 Å². The predicted octanol–water partition coefficient (Wildman–Crippen LogP) is 2.93. The van der Waals surface area contributed by atoms with Gasteiger partial charge in [-0.1, -0.05) is 24.3 Å². The van der Waals surface area contributed by atoms with Gasteiger partial charge in [-0.25, -0.2) is 8.78 Å². The van der Waals surface area contributed by atoms with Crippen molar-refractivity contribution < 1.29 is 13.9 Å². The molecule has 4 heteroatoms. The van der Waals surface area contributed by atoms with E-state index in [1.54, 1.807) is 0 Å². The molecule has 2 unspecified atom stereocenters. The molecule has 0 bridgehead atoms. The van der Waals surface area contributed by atoms with E-state index in [1.165, 1.54) is 11.1 Å². The third-order valence-electron chi connectivity index (χ3n) is 4.01.